The van der Waals surface area contributed by atoms with Gasteiger partial charge >= 0.3 is 5.97 Å². The van der Waals surface area contributed by atoms with Crippen molar-refractivity contribution in [2.45, 2.75) is 6.92 Å². The highest BCUT2D eigenvalue weighted by Crippen LogP contribution is 2.28. The van der Waals surface area contributed by atoms with E-state index in [1.54, 1.807) is 66.7 Å². The van der Waals surface area contributed by atoms with Crippen LogP contribution in [0.15, 0.2) is 71.8 Å². The molecule has 34 heavy (non-hydrogen) atoms. The standard InChI is InChI=1S/C25H23ClN2O6/c1-3-32-19-11-9-18(10-12-19)25(30)34-22-13-8-17(14-23(22)31-2)15-27-28-24(29)16-33-21-7-5-4-6-20(21)26/h4-15H,3,16H2,1-2H3,(H,28,29)/b27-15+. The van der Waals surface area contributed by atoms with Gasteiger partial charge in [0.15, 0.2) is 18.1 Å². The summed E-state index contributed by atoms with van der Waals surface area (Å²) in [6.45, 7) is 2.18. The quantitative estimate of drug-likeness (QED) is 0.198. The maximum Gasteiger partial charge on any atom is 0.343 e. The molecule has 0 saturated heterocycles. The number of nitrogens with one attached hydrogen (secondary N) is 1. The number of para-hydroxylation sites is 1. The van der Waals surface area contributed by atoms with E-state index in [2.05, 4.69) is 10.5 Å². The Morgan fingerprint density at radius 1 is 0.971 bits per heavy atom. The van der Waals surface area contributed by atoms with Crippen LogP contribution in [0.5, 0.6) is 23.0 Å². The van der Waals surface area contributed by atoms with E-state index in [0.717, 1.165) is 0 Å². The van der Waals surface area contributed by atoms with Crippen molar-refractivity contribution in [3.63, 3.8) is 0 Å². The second-order valence-corrected chi connectivity index (χ2v) is 7.18. The summed E-state index contributed by atoms with van der Waals surface area (Å²) in [4.78, 5) is 24.4. The van der Waals surface area contributed by atoms with Gasteiger partial charge < -0.3 is 18.9 Å². The number of carbonyl (C=O) groups excluding carboxylic acids is 2. The summed E-state index contributed by atoms with van der Waals surface area (Å²) in [5.41, 5.74) is 3.35. The van der Waals surface area contributed by atoms with Crippen molar-refractivity contribution in [1.29, 1.82) is 0 Å². The molecule has 0 bridgehead atoms. The molecule has 3 aromatic rings. The highest BCUT2D eigenvalue weighted by atomic mass is 35.5. The second kappa shape index (κ2) is 12.3. The Balaban J connectivity index is 1.56. The first kappa shape index (κ1) is 24.6. The van der Waals surface area contributed by atoms with Gasteiger partial charge in [0, 0.05) is 0 Å². The Labute approximate surface area is 202 Å². The Hall–Kier alpha value is -4.04. The van der Waals surface area contributed by atoms with Crippen LogP contribution < -0.4 is 24.4 Å². The number of hydrogen-bond acceptors (Lipinski definition) is 7. The molecule has 0 aliphatic heterocycles. The molecule has 0 radical (unpaired) electrons. The summed E-state index contributed by atoms with van der Waals surface area (Å²) in [7, 11) is 1.46. The van der Waals surface area contributed by atoms with E-state index in [-0.39, 0.29) is 12.4 Å². The Bertz CT molecular complexity index is 1160. The average molecular weight is 483 g/mol. The van der Waals surface area contributed by atoms with Crippen molar-refractivity contribution in [1.82, 2.24) is 5.43 Å². The number of ether oxygens (including phenoxy) is 4. The molecular formula is C25H23ClN2O6. The van der Waals surface area contributed by atoms with Crippen LogP contribution in [0.25, 0.3) is 0 Å². The second-order valence-electron chi connectivity index (χ2n) is 6.77. The molecule has 0 saturated carbocycles. The van der Waals surface area contributed by atoms with E-state index in [4.69, 9.17) is 30.5 Å². The molecule has 0 spiro atoms. The number of hydrogen-bond donors (Lipinski definition) is 1. The summed E-state index contributed by atoms with van der Waals surface area (Å²) in [6.07, 6.45) is 1.42. The lowest BCUT2D eigenvalue weighted by molar-refractivity contribution is -0.123. The first-order valence-corrected chi connectivity index (χ1v) is 10.7. The molecule has 9 heteroatoms. The molecule has 0 fully saturated rings. The number of hydrazone groups is 1. The lowest BCUT2D eigenvalue weighted by Gasteiger charge is -2.10. The van der Waals surface area contributed by atoms with Crippen LogP contribution in [0.2, 0.25) is 5.02 Å². The van der Waals surface area contributed by atoms with Gasteiger partial charge in [-0.25, -0.2) is 10.2 Å². The van der Waals surface area contributed by atoms with Crippen molar-refractivity contribution < 1.29 is 28.5 Å². The number of amides is 1. The van der Waals surface area contributed by atoms with Gasteiger partial charge in [-0.1, -0.05) is 23.7 Å². The van der Waals surface area contributed by atoms with Crippen molar-refractivity contribution in [3.8, 4) is 23.0 Å². The SMILES string of the molecule is CCOc1ccc(C(=O)Oc2ccc(/C=N/NC(=O)COc3ccccc3Cl)cc2OC)cc1. The largest absolute Gasteiger partial charge is 0.494 e. The zero-order valence-corrected chi connectivity index (χ0v) is 19.4. The smallest absolute Gasteiger partial charge is 0.343 e. The molecule has 176 valence electrons. The number of methoxy groups -OCH3 is 1. The van der Waals surface area contributed by atoms with Crippen LogP contribution in [0.1, 0.15) is 22.8 Å². The molecule has 8 nitrogen and oxygen atoms in total. The number of nitrogens with zero attached hydrogens (tertiary/aromatic N) is 1. The van der Waals surface area contributed by atoms with E-state index in [1.165, 1.54) is 13.3 Å². The number of carbonyl (C=O) groups is 2. The summed E-state index contributed by atoms with van der Waals surface area (Å²) < 4.78 is 21.5. The third kappa shape index (κ3) is 6.98. The molecule has 0 aliphatic rings. The van der Waals surface area contributed by atoms with Crippen molar-refractivity contribution in [2.75, 3.05) is 20.3 Å². The van der Waals surface area contributed by atoms with Crippen molar-refractivity contribution in [2.24, 2.45) is 5.10 Å². The molecule has 0 aromatic heterocycles. The summed E-state index contributed by atoms with van der Waals surface area (Å²) >= 11 is 5.98. The van der Waals surface area contributed by atoms with Gasteiger partial charge in [0.2, 0.25) is 0 Å². The third-order valence-corrected chi connectivity index (χ3v) is 4.70. The number of benzene rings is 3. The number of rotatable bonds is 10. The van der Waals surface area contributed by atoms with Gasteiger partial charge in [0.05, 0.1) is 30.5 Å². The Morgan fingerprint density at radius 3 is 2.44 bits per heavy atom. The van der Waals surface area contributed by atoms with Crippen LogP contribution in [-0.2, 0) is 4.79 Å². The molecule has 0 unspecified atom stereocenters. The van der Waals surface area contributed by atoms with Crippen LogP contribution >= 0.6 is 11.6 Å². The zero-order valence-electron chi connectivity index (χ0n) is 18.6. The van der Waals surface area contributed by atoms with Crippen molar-refractivity contribution in [3.05, 3.63) is 82.9 Å². The van der Waals surface area contributed by atoms with Gasteiger partial charge in [-0.05, 0) is 67.1 Å². The highest BCUT2D eigenvalue weighted by Gasteiger charge is 2.13. The molecule has 3 aromatic carbocycles. The molecule has 3 rings (SSSR count). The first-order chi connectivity index (χ1) is 16.5. The minimum absolute atomic E-state index is 0.245. The summed E-state index contributed by atoms with van der Waals surface area (Å²) in [5.74, 6) is 0.663. The van der Waals surface area contributed by atoms with Gasteiger partial charge in [-0.2, -0.15) is 5.10 Å². The Kier molecular flexibility index (Phi) is 8.88. The van der Waals surface area contributed by atoms with E-state index in [9.17, 15) is 9.59 Å². The van der Waals surface area contributed by atoms with Crippen molar-refractivity contribution >= 4 is 29.7 Å². The maximum atomic E-state index is 12.5. The lowest BCUT2D eigenvalue weighted by atomic mass is 10.2. The summed E-state index contributed by atoms with van der Waals surface area (Å²) in [6, 6.07) is 18.4. The minimum atomic E-state index is -0.534. The molecule has 1 amide bonds. The van der Waals surface area contributed by atoms with Gasteiger partial charge in [0.1, 0.15) is 11.5 Å². The monoisotopic (exact) mass is 482 g/mol. The third-order valence-electron chi connectivity index (χ3n) is 4.39. The van der Waals surface area contributed by atoms with Crippen LogP contribution in [0, 0.1) is 0 Å². The molecule has 0 aliphatic carbocycles. The van der Waals surface area contributed by atoms with Crippen LogP contribution in [0.3, 0.4) is 0 Å². The first-order valence-electron chi connectivity index (χ1n) is 10.3. The molecule has 1 N–H and O–H groups in total. The van der Waals surface area contributed by atoms with Crippen LogP contribution in [-0.4, -0.2) is 38.4 Å². The lowest BCUT2D eigenvalue weighted by Crippen LogP contribution is -2.24. The number of esters is 1. The number of halogens is 1. The fourth-order valence-electron chi connectivity index (χ4n) is 2.78. The maximum absolute atomic E-state index is 12.5. The molecule has 0 heterocycles. The zero-order chi connectivity index (χ0) is 24.3. The highest BCUT2D eigenvalue weighted by molar-refractivity contribution is 6.32. The van der Waals surface area contributed by atoms with Crippen LogP contribution in [0.4, 0.5) is 0 Å². The fraction of sp³-hybridized carbons (Fsp3) is 0.160. The molecule has 0 atom stereocenters. The van der Waals surface area contributed by atoms with E-state index >= 15 is 0 Å². The predicted octanol–water partition coefficient (Wildman–Crippen LogP) is 4.50. The van der Waals surface area contributed by atoms with Gasteiger partial charge in [-0.3, -0.25) is 4.79 Å². The van der Waals surface area contributed by atoms with Gasteiger partial charge in [0.25, 0.3) is 5.91 Å². The average Bonchev–Trinajstić information content (AvgIpc) is 2.85. The fourth-order valence-corrected chi connectivity index (χ4v) is 2.97. The van der Waals surface area contributed by atoms with E-state index < -0.39 is 11.9 Å². The predicted molar refractivity (Wildman–Crippen MR) is 128 cm³/mol. The van der Waals surface area contributed by atoms with E-state index in [0.29, 0.717) is 40.0 Å². The normalized spacial score (nSPS) is 10.6. The summed E-state index contributed by atoms with van der Waals surface area (Å²) in [5, 5.41) is 4.31. The molecular weight excluding hydrogens is 460 g/mol. The topological polar surface area (TPSA) is 95.5 Å². The minimum Gasteiger partial charge on any atom is -0.494 e. The van der Waals surface area contributed by atoms with E-state index in [1.807, 2.05) is 6.92 Å². The van der Waals surface area contributed by atoms with Gasteiger partial charge in [-0.15, -0.1) is 0 Å². The Morgan fingerprint density at radius 2 is 1.74 bits per heavy atom.